The van der Waals surface area contributed by atoms with Crippen molar-refractivity contribution >= 4 is 17.4 Å². The van der Waals surface area contributed by atoms with Crippen molar-refractivity contribution in [3.8, 4) is 0 Å². The Morgan fingerprint density at radius 3 is 2.57 bits per heavy atom. The minimum Gasteiger partial charge on any atom is -0.507 e. The maximum absolute atomic E-state index is 12.9. The van der Waals surface area contributed by atoms with Gasteiger partial charge in [-0.1, -0.05) is 18.2 Å². The summed E-state index contributed by atoms with van der Waals surface area (Å²) < 4.78 is 5.57. The molecule has 158 valence electrons. The predicted molar refractivity (Wildman–Crippen MR) is 115 cm³/mol. The van der Waals surface area contributed by atoms with E-state index in [9.17, 15) is 14.7 Å². The zero-order valence-corrected chi connectivity index (χ0v) is 17.9. The fourth-order valence-corrected chi connectivity index (χ4v) is 3.55. The Hall–Kier alpha value is -2.99. The molecule has 0 spiro atoms. The molecular formula is C24H28N2O4. The molecule has 1 N–H and O–H groups in total. The van der Waals surface area contributed by atoms with E-state index in [2.05, 4.69) is 4.98 Å². The number of aromatic nitrogens is 1. The summed E-state index contributed by atoms with van der Waals surface area (Å²) in [4.78, 5) is 31.6. The van der Waals surface area contributed by atoms with E-state index in [4.69, 9.17) is 4.74 Å². The van der Waals surface area contributed by atoms with E-state index in [0.717, 1.165) is 11.1 Å². The van der Waals surface area contributed by atoms with Crippen molar-refractivity contribution in [1.29, 1.82) is 0 Å². The van der Waals surface area contributed by atoms with Crippen molar-refractivity contribution in [2.45, 2.75) is 46.3 Å². The van der Waals surface area contributed by atoms with Crippen LogP contribution in [0, 0.1) is 13.8 Å². The monoisotopic (exact) mass is 408 g/mol. The molecule has 1 aromatic carbocycles. The second-order valence-electron chi connectivity index (χ2n) is 7.82. The van der Waals surface area contributed by atoms with Gasteiger partial charge in [-0.3, -0.25) is 14.6 Å². The number of carbonyl (C=O) groups excluding carboxylic acids is 2. The molecule has 30 heavy (non-hydrogen) atoms. The minimum atomic E-state index is -0.730. The second-order valence-corrected chi connectivity index (χ2v) is 7.82. The molecule has 1 amide bonds. The van der Waals surface area contributed by atoms with Gasteiger partial charge in [0.15, 0.2) is 0 Å². The normalized spacial score (nSPS) is 18.4. The lowest BCUT2D eigenvalue weighted by Gasteiger charge is -2.24. The number of aryl methyl sites for hydroxylation is 2. The van der Waals surface area contributed by atoms with E-state index in [1.807, 2.05) is 39.8 Å². The van der Waals surface area contributed by atoms with E-state index in [1.54, 1.807) is 30.5 Å². The molecule has 0 saturated carbocycles. The van der Waals surface area contributed by atoms with Gasteiger partial charge < -0.3 is 14.7 Å². The number of carbonyl (C=O) groups is 2. The highest BCUT2D eigenvalue weighted by Gasteiger charge is 2.46. The largest absolute Gasteiger partial charge is 0.507 e. The summed E-state index contributed by atoms with van der Waals surface area (Å²) in [6, 6.07) is 10.1. The molecule has 6 nitrogen and oxygen atoms in total. The highest BCUT2D eigenvalue weighted by Crippen LogP contribution is 2.38. The van der Waals surface area contributed by atoms with Crippen LogP contribution in [-0.4, -0.2) is 45.9 Å². The van der Waals surface area contributed by atoms with Crippen LogP contribution in [0.25, 0.3) is 5.76 Å². The van der Waals surface area contributed by atoms with Gasteiger partial charge in [0.25, 0.3) is 11.7 Å². The minimum absolute atomic E-state index is 0.0757. The van der Waals surface area contributed by atoms with Crippen LogP contribution in [0.4, 0.5) is 0 Å². The molecule has 1 aromatic heterocycles. The third-order valence-electron chi connectivity index (χ3n) is 5.28. The van der Waals surface area contributed by atoms with Crippen molar-refractivity contribution in [1.82, 2.24) is 9.88 Å². The Bertz CT molecular complexity index is 966. The molecular weight excluding hydrogens is 380 g/mol. The van der Waals surface area contributed by atoms with Crippen molar-refractivity contribution in [3.63, 3.8) is 0 Å². The zero-order valence-electron chi connectivity index (χ0n) is 17.9. The molecule has 1 aliphatic rings. The lowest BCUT2D eigenvalue weighted by molar-refractivity contribution is -0.140. The zero-order chi connectivity index (χ0) is 21.8. The van der Waals surface area contributed by atoms with Gasteiger partial charge in [-0.25, -0.2) is 0 Å². The van der Waals surface area contributed by atoms with E-state index in [-0.39, 0.29) is 17.4 Å². The van der Waals surface area contributed by atoms with Gasteiger partial charge in [-0.15, -0.1) is 0 Å². The van der Waals surface area contributed by atoms with Crippen molar-refractivity contribution in [2.24, 2.45) is 0 Å². The highest BCUT2D eigenvalue weighted by atomic mass is 16.5. The summed E-state index contributed by atoms with van der Waals surface area (Å²) in [7, 11) is 0. The molecule has 1 aliphatic heterocycles. The Morgan fingerprint density at radius 2 is 1.93 bits per heavy atom. The average molecular weight is 408 g/mol. The summed E-state index contributed by atoms with van der Waals surface area (Å²) >= 11 is 0. The van der Waals surface area contributed by atoms with Crippen LogP contribution in [0.5, 0.6) is 0 Å². The van der Waals surface area contributed by atoms with Gasteiger partial charge >= 0.3 is 0 Å². The van der Waals surface area contributed by atoms with E-state index < -0.39 is 17.7 Å². The maximum Gasteiger partial charge on any atom is 0.295 e. The summed E-state index contributed by atoms with van der Waals surface area (Å²) in [6.45, 7) is 8.63. The first-order valence-corrected chi connectivity index (χ1v) is 10.2. The molecule has 1 fully saturated rings. The molecule has 0 bridgehead atoms. The Morgan fingerprint density at radius 1 is 1.17 bits per heavy atom. The van der Waals surface area contributed by atoms with Gasteiger partial charge in [0.05, 0.1) is 17.4 Å². The first-order valence-electron chi connectivity index (χ1n) is 10.2. The van der Waals surface area contributed by atoms with Crippen LogP contribution in [0.2, 0.25) is 0 Å². The van der Waals surface area contributed by atoms with Crippen LogP contribution in [0.1, 0.15) is 48.7 Å². The van der Waals surface area contributed by atoms with Crippen LogP contribution in [-0.2, 0) is 14.3 Å². The van der Waals surface area contributed by atoms with Gasteiger partial charge in [0, 0.05) is 24.9 Å². The number of ketones is 1. The van der Waals surface area contributed by atoms with E-state index in [1.165, 1.54) is 4.90 Å². The van der Waals surface area contributed by atoms with Crippen LogP contribution < -0.4 is 0 Å². The third-order valence-corrected chi connectivity index (χ3v) is 5.28. The number of hydrogen-bond acceptors (Lipinski definition) is 5. The second kappa shape index (κ2) is 9.22. The number of aliphatic hydroxyl groups excluding tert-OH is 1. The first-order chi connectivity index (χ1) is 14.3. The number of rotatable bonds is 7. The van der Waals surface area contributed by atoms with Gasteiger partial charge in [-0.2, -0.15) is 0 Å². The maximum atomic E-state index is 12.9. The summed E-state index contributed by atoms with van der Waals surface area (Å²) in [6.07, 6.45) is 2.29. The Kier molecular flexibility index (Phi) is 6.67. The summed E-state index contributed by atoms with van der Waals surface area (Å²) in [5.74, 6) is -1.49. The molecule has 0 aliphatic carbocycles. The Balaban J connectivity index is 2.02. The molecule has 2 heterocycles. The first kappa shape index (κ1) is 21.7. The number of benzene rings is 1. The number of pyridine rings is 1. The van der Waals surface area contributed by atoms with Crippen molar-refractivity contribution in [2.75, 3.05) is 13.2 Å². The van der Waals surface area contributed by atoms with Crippen molar-refractivity contribution in [3.05, 3.63) is 70.6 Å². The van der Waals surface area contributed by atoms with Crippen LogP contribution in [0.15, 0.2) is 48.2 Å². The standard InChI is InChI=1S/C24H28N2O4/c1-15(2)30-13-7-12-26-21(19-8-5-6-11-25-19)20(23(28)24(26)29)22(27)18-10-9-16(3)17(4)14-18/h5-6,8-11,14-15,21,27H,7,12-13H2,1-4H3/b22-20-. The topological polar surface area (TPSA) is 79.7 Å². The fraction of sp³-hybridized carbons (Fsp3) is 0.375. The molecule has 3 rings (SSSR count). The number of likely N-dealkylation sites (tertiary alicyclic amines) is 1. The van der Waals surface area contributed by atoms with Gasteiger partial charge in [0.1, 0.15) is 11.8 Å². The number of ether oxygens (including phenoxy) is 1. The molecule has 6 heteroatoms. The summed E-state index contributed by atoms with van der Waals surface area (Å²) in [5.41, 5.74) is 3.21. The number of Topliss-reactive ketones (excluding diaryl/α,β-unsaturated/α-hetero) is 1. The van der Waals surface area contributed by atoms with Gasteiger partial charge in [0.2, 0.25) is 0 Å². The number of nitrogens with zero attached hydrogens (tertiary/aromatic N) is 2. The number of amides is 1. The van der Waals surface area contributed by atoms with Crippen LogP contribution in [0.3, 0.4) is 0 Å². The van der Waals surface area contributed by atoms with E-state index >= 15 is 0 Å². The lowest BCUT2D eigenvalue weighted by Crippen LogP contribution is -2.31. The van der Waals surface area contributed by atoms with Crippen LogP contribution >= 0.6 is 0 Å². The quantitative estimate of drug-likeness (QED) is 0.325. The number of hydrogen-bond donors (Lipinski definition) is 1. The molecule has 2 aromatic rings. The SMILES string of the molecule is Cc1ccc(/C(O)=C2/C(=O)C(=O)N(CCCOC(C)C)C2c2ccccn2)cc1C. The lowest BCUT2D eigenvalue weighted by atomic mass is 9.96. The molecule has 0 radical (unpaired) electrons. The Labute approximate surface area is 177 Å². The smallest absolute Gasteiger partial charge is 0.295 e. The van der Waals surface area contributed by atoms with Crippen molar-refractivity contribution < 1.29 is 19.4 Å². The van der Waals surface area contributed by atoms with E-state index in [0.29, 0.717) is 30.8 Å². The highest BCUT2D eigenvalue weighted by molar-refractivity contribution is 6.46. The third kappa shape index (κ3) is 4.44. The predicted octanol–water partition coefficient (Wildman–Crippen LogP) is 3.94. The molecule has 1 saturated heterocycles. The average Bonchev–Trinajstić information content (AvgIpc) is 2.98. The summed E-state index contributed by atoms with van der Waals surface area (Å²) in [5, 5.41) is 11.0. The van der Waals surface area contributed by atoms with Gasteiger partial charge in [-0.05, 0) is 63.4 Å². The molecule has 1 unspecified atom stereocenters. The molecule has 1 atom stereocenters. The fourth-order valence-electron chi connectivity index (χ4n) is 3.55. The number of aliphatic hydroxyl groups is 1.